The van der Waals surface area contributed by atoms with Crippen molar-refractivity contribution in [2.45, 2.75) is 76.5 Å². The van der Waals surface area contributed by atoms with E-state index in [4.69, 9.17) is 11.5 Å². The number of amides is 3. The number of aliphatic carboxylic acids is 1. The number of hydrogen-bond donors (Lipinski definition) is 8. The number of H-pyrrole nitrogens is 1. The SMILES string of the molecule is CCC(C)C(NC(=O)C(N)Cc1ccc(O)cc1)C(=O)NC(Cc1cnc[nH]1)C(=O)NC(CCCCN)C(=O)O. The van der Waals surface area contributed by atoms with Gasteiger partial charge in [-0.1, -0.05) is 32.4 Å². The molecule has 0 bridgehead atoms. The fraction of sp³-hybridized carbons (Fsp3) is 0.519. The summed E-state index contributed by atoms with van der Waals surface area (Å²) < 4.78 is 0. The van der Waals surface area contributed by atoms with Crippen molar-refractivity contribution in [2.24, 2.45) is 17.4 Å². The van der Waals surface area contributed by atoms with Crippen LogP contribution in [-0.4, -0.2) is 74.6 Å². The number of carboxylic acid groups (broad SMARTS) is 1. The third kappa shape index (κ3) is 10.3. The van der Waals surface area contributed by atoms with Gasteiger partial charge < -0.3 is 42.6 Å². The normalized spacial score (nSPS) is 14.8. The van der Waals surface area contributed by atoms with Crippen molar-refractivity contribution in [1.82, 2.24) is 25.9 Å². The average molecular weight is 560 g/mol. The molecule has 0 radical (unpaired) electrons. The second-order valence-corrected chi connectivity index (χ2v) is 9.87. The van der Waals surface area contributed by atoms with Crippen LogP contribution in [0.15, 0.2) is 36.8 Å². The van der Waals surface area contributed by atoms with E-state index in [1.165, 1.54) is 24.7 Å². The highest BCUT2D eigenvalue weighted by Crippen LogP contribution is 2.13. The molecule has 3 amide bonds. The Kier molecular flexibility index (Phi) is 13.1. The number of aromatic hydroxyl groups is 1. The van der Waals surface area contributed by atoms with Crippen molar-refractivity contribution in [1.29, 1.82) is 0 Å². The van der Waals surface area contributed by atoms with Crippen LogP contribution in [0, 0.1) is 5.92 Å². The van der Waals surface area contributed by atoms with E-state index in [-0.39, 0.29) is 30.9 Å². The van der Waals surface area contributed by atoms with Crippen LogP contribution in [-0.2, 0) is 32.0 Å². The van der Waals surface area contributed by atoms with E-state index in [1.54, 1.807) is 19.1 Å². The fourth-order valence-corrected chi connectivity index (χ4v) is 4.05. The van der Waals surface area contributed by atoms with Gasteiger partial charge in [0.1, 0.15) is 23.9 Å². The Balaban J connectivity index is 2.16. The van der Waals surface area contributed by atoms with Gasteiger partial charge in [0, 0.05) is 18.3 Å². The lowest BCUT2D eigenvalue weighted by molar-refractivity contribution is -0.142. The van der Waals surface area contributed by atoms with Gasteiger partial charge in [0.2, 0.25) is 17.7 Å². The first-order valence-corrected chi connectivity index (χ1v) is 13.4. The molecule has 1 aromatic heterocycles. The van der Waals surface area contributed by atoms with Crippen LogP contribution in [0.1, 0.15) is 50.8 Å². The highest BCUT2D eigenvalue weighted by Gasteiger charge is 2.32. The molecule has 1 aromatic carbocycles. The van der Waals surface area contributed by atoms with E-state index < -0.39 is 47.9 Å². The second kappa shape index (κ2) is 16.2. The van der Waals surface area contributed by atoms with Gasteiger partial charge in [0.25, 0.3) is 0 Å². The second-order valence-electron chi connectivity index (χ2n) is 9.87. The number of unbranched alkanes of at least 4 members (excludes halogenated alkanes) is 1. The first-order chi connectivity index (χ1) is 19.0. The first kappa shape index (κ1) is 32.2. The van der Waals surface area contributed by atoms with E-state index in [2.05, 4.69) is 25.9 Å². The summed E-state index contributed by atoms with van der Waals surface area (Å²) in [5, 5.41) is 27.0. The molecule has 0 saturated carbocycles. The standard InChI is InChI=1S/C27H41N7O6/c1-3-16(2)23(34-24(36)20(29)12-17-7-9-19(35)10-8-17)26(38)33-22(13-18-14-30-15-31-18)25(37)32-21(27(39)40)6-4-5-11-28/h7-10,14-16,20-23,35H,3-6,11-13,28-29H2,1-2H3,(H,30,31)(H,32,37)(H,33,38)(H,34,36)(H,39,40). The van der Waals surface area contributed by atoms with Gasteiger partial charge >= 0.3 is 5.97 Å². The minimum Gasteiger partial charge on any atom is -0.508 e. The van der Waals surface area contributed by atoms with Gasteiger partial charge in [0.05, 0.1) is 12.4 Å². The molecule has 0 aliphatic heterocycles. The number of aromatic nitrogens is 2. The van der Waals surface area contributed by atoms with Crippen molar-refractivity contribution < 1.29 is 29.4 Å². The number of carbonyl (C=O) groups excluding carboxylic acids is 3. The Morgan fingerprint density at radius 2 is 1.65 bits per heavy atom. The molecule has 0 aliphatic rings. The number of nitrogens with one attached hydrogen (secondary N) is 4. The first-order valence-electron chi connectivity index (χ1n) is 13.4. The fourth-order valence-electron chi connectivity index (χ4n) is 4.05. The van der Waals surface area contributed by atoms with Crippen LogP contribution in [0.2, 0.25) is 0 Å². The van der Waals surface area contributed by atoms with E-state index in [9.17, 15) is 29.4 Å². The largest absolute Gasteiger partial charge is 0.508 e. The molecular weight excluding hydrogens is 518 g/mol. The van der Waals surface area contributed by atoms with Crippen LogP contribution >= 0.6 is 0 Å². The van der Waals surface area contributed by atoms with Gasteiger partial charge in [0.15, 0.2) is 0 Å². The molecule has 13 nitrogen and oxygen atoms in total. The van der Waals surface area contributed by atoms with Gasteiger partial charge in [-0.25, -0.2) is 9.78 Å². The van der Waals surface area contributed by atoms with Gasteiger partial charge in [-0.05, 0) is 55.8 Å². The van der Waals surface area contributed by atoms with Crippen molar-refractivity contribution in [3.05, 3.63) is 48.0 Å². The summed E-state index contributed by atoms with van der Waals surface area (Å²) in [6.45, 7) is 4.05. The summed E-state index contributed by atoms with van der Waals surface area (Å²) in [4.78, 5) is 58.1. The number of hydrogen-bond acceptors (Lipinski definition) is 8. The van der Waals surface area contributed by atoms with Gasteiger partial charge in [-0.2, -0.15) is 0 Å². The van der Waals surface area contributed by atoms with Crippen LogP contribution < -0.4 is 27.4 Å². The third-order valence-corrected chi connectivity index (χ3v) is 6.70. The predicted molar refractivity (Wildman–Crippen MR) is 148 cm³/mol. The smallest absolute Gasteiger partial charge is 0.326 e. The number of imidazole rings is 1. The highest BCUT2D eigenvalue weighted by atomic mass is 16.4. The average Bonchev–Trinajstić information content (AvgIpc) is 3.44. The molecule has 0 spiro atoms. The van der Waals surface area contributed by atoms with E-state index in [0.29, 0.717) is 31.5 Å². The van der Waals surface area contributed by atoms with E-state index in [0.717, 1.165) is 5.56 Å². The zero-order valence-electron chi connectivity index (χ0n) is 22.9. The van der Waals surface area contributed by atoms with Crippen LogP contribution in [0.3, 0.4) is 0 Å². The van der Waals surface area contributed by atoms with Gasteiger partial charge in [-0.15, -0.1) is 0 Å². The quantitative estimate of drug-likeness (QED) is 0.121. The van der Waals surface area contributed by atoms with Crippen molar-refractivity contribution in [2.75, 3.05) is 6.54 Å². The lowest BCUT2D eigenvalue weighted by atomic mass is 9.96. The topological polar surface area (TPSA) is 226 Å². The van der Waals surface area contributed by atoms with Crippen LogP contribution in [0.4, 0.5) is 0 Å². The minimum atomic E-state index is -1.19. The summed E-state index contributed by atoms with van der Waals surface area (Å²) in [5.41, 5.74) is 12.9. The summed E-state index contributed by atoms with van der Waals surface area (Å²) in [6.07, 6.45) is 4.99. The number of carbonyl (C=O) groups is 4. The van der Waals surface area contributed by atoms with E-state index >= 15 is 0 Å². The zero-order valence-corrected chi connectivity index (χ0v) is 22.9. The molecule has 13 heteroatoms. The highest BCUT2D eigenvalue weighted by molar-refractivity contribution is 5.94. The van der Waals surface area contributed by atoms with Crippen LogP contribution in [0.25, 0.3) is 0 Å². The number of phenols is 1. The summed E-state index contributed by atoms with van der Waals surface area (Å²) in [5.74, 6) is -3.23. The molecule has 220 valence electrons. The Hall–Kier alpha value is -3.97. The Bertz CT molecular complexity index is 1090. The molecule has 5 unspecified atom stereocenters. The predicted octanol–water partition coefficient (Wildman–Crippen LogP) is -0.0581. The minimum absolute atomic E-state index is 0.0221. The summed E-state index contributed by atoms with van der Waals surface area (Å²) in [6, 6.07) is 2.04. The zero-order chi connectivity index (χ0) is 29.7. The lowest BCUT2D eigenvalue weighted by Gasteiger charge is -2.28. The van der Waals surface area contributed by atoms with E-state index in [1.807, 2.05) is 6.92 Å². The molecule has 5 atom stereocenters. The maximum atomic E-state index is 13.4. The molecule has 10 N–H and O–H groups in total. The number of aromatic amines is 1. The molecule has 40 heavy (non-hydrogen) atoms. The Morgan fingerprint density at radius 3 is 2.23 bits per heavy atom. The number of nitrogens with two attached hydrogens (primary N) is 2. The summed E-state index contributed by atoms with van der Waals surface area (Å²) >= 11 is 0. The molecular formula is C27H41N7O6. The number of rotatable bonds is 17. The van der Waals surface area contributed by atoms with Crippen molar-refractivity contribution in [3.8, 4) is 5.75 Å². The number of nitrogens with zero attached hydrogens (tertiary/aromatic N) is 1. The molecule has 0 fully saturated rings. The maximum absolute atomic E-state index is 13.4. The number of carboxylic acids is 1. The number of benzene rings is 1. The Labute approximate surface area is 233 Å². The maximum Gasteiger partial charge on any atom is 0.326 e. The molecule has 2 aromatic rings. The Morgan fingerprint density at radius 1 is 0.975 bits per heavy atom. The molecule has 0 saturated heterocycles. The molecule has 2 rings (SSSR count). The van der Waals surface area contributed by atoms with Crippen molar-refractivity contribution in [3.63, 3.8) is 0 Å². The number of phenolic OH excluding ortho intramolecular Hbond substituents is 1. The third-order valence-electron chi connectivity index (χ3n) is 6.70. The lowest BCUT2D eigenvalue weighted by Crippen LogP contribution is -2.59. The van der Waals surface area contributed by atoms with Crippen LogP contribution in [0.5, 0.6) is 5.75 Å². The molecule has 0 aliphatic carbocycles. The van der Waals surface area contributed by atoms with Gasteiger partial charge in [-0.3, -0.25) is 14.4 Å². The van der Waals surface area contributed by atoms with Crippen molar-refractivity contribution >= 4 is 23.7 Å². The monoisotopic (exact) mass is 559 g/mol. The summed E-state index contributed by atoms with van der Waals surface area (Å²) in [7, 11) is 0. The molecule has 1 heterocycles.